The molecular formula is C13H15NO3. The van der Waals surface area contributed by atoms with Crippen molar-refractivity contribution in [2.24, 2.45) is 0 Å². The zero-order valence-electron chi connectivity index (χ0n) is 9.52. The highest BCUT2D eigenvalue weighted by Crippen LogP contribution is 2.20. The van der Waals surface area contributed by atoms with Crippen molar-refractivity contribution < 1.29 is 14.3 Å². The van der Waals surface area contributed by atoms with Crippen molar-refractivity contribution in [2.45, 2.75) is 12.5 Å². The minimum Gasteiger partial charge on any atom is -0.488 e. The lowest BCUT2D eigenvalue weighted by Crippen LogP contribution is -2.15. The van der Waals surface area contributed by atoms with Crippen molar-refractivity contribution in [3.05, 3.63) is 36.9 Å². The van der Waals surface area contributed by atoms with Crippen LogP contribution >= 0.6 is 0 Å². The number of nitrogens with one attached hydrogen (secondary N) is 1. The Morgan fingerprint density at radius 2 is 2.47 bits per heavy atom. The Hall–Kier alpha value is -1.81. The highest BCUT2D eigenvalue weighted by molar-refractivity contribution is 5.98. The molecule has 1 heterocycles. The van der Waals surface area contributed by atoms with E-state index in [1.165, 1.54) is 6.08 Å². The molecule has 1 aromatic carbocycles. The van der Waals surface area contributed by atoms with E-state index in [0.717, 1.165) is 18.8 Å². The average molecular weight is 233 g/mol. The summed E-state index contributed by atoms with van der Waals surface area (Å²) in [5.41, 5.74) is 0.700. The highest BCUT2D eigenvalue weighted by Gasteiger charge is 2.17. The lowest BCUT2D eigenvalue weighted by atomic mass is 10.2. The zero-order valence-corrected chi connectivity index (χ0v) is 9.52. The topological polar surface area (TPSA) is 47.6 Å². The van der Waals surface area contributed by atoms with Crippen LogP contribution in [-0.2, 0) is 9.53 Å². The van der Waals surface area contributed by atoms with Gasteiger partial charge in [-0.3, -0.25) is 4.79 Å². The van der Waals surface area contributed by atoms with Crippen LogP contribution < -0.4 is 10.1 Å². The summed E-state index contributed by atoms with van der Waals surface area (Å²) in [6.45, 7) is 4.78. The van der Waals surface area contributed by atoms with E-state index in [9.17, 15) is 4.79 Å². The van der Waals surface area contributed by atoms with E-state index in [4.69, 9.17) is 9.47 Å². The molecule has 4 nitrogen and oxygen atoms in total. The molecule has 1 atom stereocenters. The lowest BCUT2D eigenvalue weighted by molar-refractivity contribution is -0.111. The monoisotopic (exact) mass is 233 g/mol. The van der Waals surface area contributed by atoms with Gasteiger partial charge in [-0.1, -0.05) is 12.6 Å². The Kier molecular flexibility index (Phi) is 3.77. The number of rotatable bonds is 4. The fourth-order valence-corrected chi connectivity index (χ4v) is 1.64. The quantitative estimate of drug-likeness (QED) is 0.809. The van der Waals surface area contributed by atoms with Gasteiger partial charge in [-0.05, 0) is 18.2 Å². The first-order chi connectivity index (χ1) is 8.28. The molecule has 1 unspecified atom stereocenters. The number of amides is 1. The Morgan fingerprint density at radius 3 is 3.18 bits per heavy atom. The fourth-order valence-electron chi connectivity index (χ4n) is 1.64. The fraction of sp³-hybridized carbons (Fsp3) is 0.308. The molecule has 4 heteroatoms. The van der Waals surface area contributed by atoms with E-state index >= 15 is 0 Å². The van der Waals surface area contributed by atoms with Crippen LogP contribution in [0.3, 0.4) is 0 Å². The van der Waals surface area contributed by atoms with Gasteiger partial charge < -0.3 is 14.8 Å². The molecule has 0 aliphatic carbocycles. The van der Waals surface area contributed by atoms with Gasteiger partial charge in [0.1, 0.15) is 11.9 Å². The molecule has 0 bridgehead atoms. The first-order valence-electron chi connectivity index (χ1n) is 5.56. The van der Waals surface area contributed by atoms with E-state index in [1.807, 2.05) is 12.1 Å². The molecule has 1 N–H and O–H groups in total. The molecule has 90 valence electrons. The smallest absolute Gasteiger partial charge is 0.247 e. The normalized spacial score (nSPS) is 18.7. The number of hydrogen-bond acceptors (Lipinski definition) is 3. The summed E-state index contributed by atoms with van der Waals surface area (Å²) >= 11 is 0. The largest absolute Gasteiger partial charge is 0.488 e. The number of carbonyl (C=O) groups excluding carboxylic acids is 1. The van der Waals surface area contributed by atoms with Gasteiger partial charge in [0.15, 0.2) is 0 Å². The Labute approximate surface area is 100 Å². The number of ether oxygens (including phenoxy) is 2. The van der Waals surface area contributed by atoms with E-state index in [1.54, 1.807) is 12.1 Å². The molecule has 1 aliphatic rings. The number of anilines is 1. The maximum absolute atomic E-state index is 11.1. The van der Waals surface area contributed by atoms with E-state index < -0.39 is 0 Å². The second kappa shape index (κ2) is 5.50. The summed E-state index contributed by atoms with van der Waals surface area (Å²) in [4.78, 5) is 11.1. The average Bonchev–Trinajstić information content (AvgIpc) is 2.82. The summed E-state index contributed by atoms with van der Waals surface area (Å²) < 4.78 is 11.0. The second-order valence-corrected chi connectivity index (χ2v) is 3.82. The summed E-state index contributed by atoms with van der Waals surface area (Å²) in [5, 5.41) is 2.69. The molecule has 1 saturated heterocycles. The van der Waals surface area contributed by atoms with Crippen LogP contribution in [0.1, 0.15) is 6.42 Å². The maximum Gasteiger partial charge on any atom is 0.247 e. The van der Waals surface area contributed by atoms with Crippen molar-refractivity contribution in [3.8, 4) is 5.75 Å². The molecule has 17 heavy (non-hydrogen) atoms. The van der Waals surface area contributed by atoms with Crippen LogP contribution in [0.4, 0.5) is 5.69 Å². The lowest BCUT2D eigenvalue weighted by Gasteiger charge is -2.12. The summed E-state index contributed by atoms with van der Waals surface area (Å²) in [7, 11) is 0. The van der Waals surface area contributed by atoms with E-state index in [2.05, 4.69) is 11.9 Å². The van der Waals surface area contributed by atoms with Crippen LogP contribution in [0, 0.1) is 0 Å². The van der Waals surface area contributed by atoms with Gasteiger partial charge in [0.2, 0.25) is 5.91 Å². The van der Waals surface area contributed by atoms with Crippen molar-refractivity contribution in [3.63, 3.8) is 0 Å². The maximum atomic E-state index is 11.1. The molecule has 0 aromatic heterocycles. The van der Waals surface area contributed by atoms with Crippen molar-refractivity contribution in [2.75, 3.05) is 18.5 Å². The van der Waals surface area contributed by atoms with Gasteiger partial charge in [-0.15, -0.1) is 0 Å². The van der Waals surface area contributed by atoms with Gasteiger partial charge in [-0.25, -0.2) is 0 Å². The van der Waals surface area contributed by atoms with Gasteiger partial charge in [-0.2, -0.15) is 0 Å². The third-order valence-corrected chi connectivity index (χ3v) is 2.48. The molecular weight excluding hydrogens is 218 g/mol. The summed E-state index contributed by atoms with van der Waals surface area (Å²) in [6.07, 6.45) is 2.25. The first kappa shape index (κ1) is 11.7. The molecule has 1 fully saturated rings. The predicted octanol–water partition coefficient (Wildman–Crippen LogP) is 1.98. The van der Waals surface area contributed by atoms with Crippen molar-refractivity contribution >= 4 is 11.6 Å². The molecule has 0 radical (unpaired) electrons. The highest BCUT2D eigenvalue weighted by atomic mass is 16.5. The number of carbonyl (C=O) groups is 1. The molecule has 2 rings (SSSR count). The standard InChI is InChI=1S/C13H15NO3/c1-2-13(15)14-10-4-3-5-11(8-10)17-12-6-7-16-9-12/h2-5,8,12H,1,6-7,9H2,(H,14,15). The van der Waals surface area contributed by atoms with E-state index in [-0.39, 0.29) is 12.0 Å². The van der Waals surface area contributed by atoms with Crippen molar-refractivity contribution in [1.82, 2.24) is 0 Å². The predicted molar refractivity (Wildman–Crippen MR) is 65.1 cm³/mol. The molecule has 1 amide bonds. The van der Waals surface area contributed by atoms with Gasteiger partial charge in [0.25, 0.3) is 0 Å². The Bertz CT molecular complexity index is 411. The minimum atomic E-state index is -0.230. The Morgan fingerprint density at radius 1 is 1.59 bits per heavy atom. The van der Waals surface area contributed by atoms with Crippen LogP contribution in [0.5, 0.6) is 5.75 Å². The summed E-state index contributed by atoms with van der Waals surface area (Å²) in [6, 6.07) is 7.30. The SMILES string of the molecule is C=CC(=O)Nc1cccc(OC2CCOC2)c1. The van der Waals surface area contributed by atoms with Gasteiger partial charge in [0.05, 0.1) is 13.2 Å². The minimum absolute atomic E-state index is 0.111. The zero-order chi connectivity index (χ0) is 12.1. The van der Waals surface area contributed by atoms with Crippen LogP contribution in [0.25, 0.3) is 0 Å². The molecule has 1 aromatic rings. The molecule has 1 aliphatic heterocycles. The van der Waals surface area contributed by atoms with Crippen LogP contribution in [0.15, 0.2) is 36.9 Å². The van der Waals surface area contributed by atoms with Gasteiger partial charge in [0, 0.05) is 18.2 Å². The van der Waals surface area contributed by atoms with Gasteiger partial charge >= 0.3 is 0 Å². The van der Waals surface area contributed by atoms with Crippen LogP contribution in [-0.4, -0.2) is 25.2 Å². The number of benzene rings is 1. The Balaban J connectivity index is 2.00. The van der Waals surface area contributed by atoms with E-state index in [0.29, 0.717) is 12.3 Å². The number of hydrogen-bond donors (Lipinski definition) is 1. The third kappa shape index (κ3) is 3.32. The summed E-state index contributed by atoms with van der Waals surface area (Å²) in [5.74, 6) is 0.508. The molecule has 0 saturated carbocycles. The van der Waals surface area contributed by atoms with Crippen molar-refractivity contribution in [1.29, 1.82) is 0 Å². The first-order valence-corrected chi connectivity index (χ1v) is 5.56. The second-order valence-electron chi connectivity index (χ2n) is 3.82. The third-order valence-electron chi connectivity index (χ3n) is 2.48. The molecule has 0 spiro atoms. The van der Waals surface area contributed by atoms with Crippen LogP contribution in [0.2, 0.25) is 0 Å².